The number of aryl methyl sites for hydroxylation is 1. The molecule has 1 saturated heterocycles. The van der Waals surface area contributed by atoms with Crippen LogP contribution in [0.2, 0.25) is 0 Å². The van der Waals surface area contributed by atoms with Crippen molar-refractivity contribution in [3.05, 3.63) is 23.8 Å². The molecule has 0 spiro atoms. The Labute approximate surface area is 97.8 Å². The molecule has 0 bridgehead atoms. The van der Waals surface area contributed by atoms with E-state index in [1.807, 2.05) is 0 Å². The first-order chi connectivity index (χ1) is 7.58. The molecule has 1 fully saturated rings. The molecule has 0 aromatic heterocycles. The van der Waals surface area contributed by atoms with Crippen molar-refractivity contribution < 1.29 is 0 Å². The maximum absolute atomic E-state index is 6.07. The van der Waals surface area contributed by atoms with E-state index in [0.717, 1.165) is 18.8 Å². The van der Waals surface area contributed by atoms with E-state index in [2.05, 4.69) is 49.0 Å². The summed E-state index contributed by atoms with van der Waals surface area (Å²) < 4.78 is 0. The lowest BCUT2D eigenvalue weighted by Crippen LogP contribution is -2.31. The van der Waals surface area contributed by atoms with Crippen LogP contribution >= 0.6 is 0 Å². The predicted molar refractivity (Wildman–Crippen MR) is 69.9 cm³/mol. The smallest absolute Gasteiger partial charge is 0.0600 e. The van der Waals surface area contributed by atoms with Gasteiger partial charge in [-0.05, 0) is 45.1 Å². The van der Waals surface area contributed by atoms with E-state index in [-0.39, 0.29) is 0 Å². The first kappa shape index (κ1) is 11.3. The van der Waals surface area contributed by atoms with E-state index < -0.39 is 0 Å². The molecule has 2 N–H and O–H groups in total. The van der Waals surface area contributed by atoms with E-state index in [9.17, 15) is 0 Å². The highest BCUT2D eigenvalue weighted by atomic mass is 15.2. The Bertz CT molecular complexity index is 373. The van der Waals surface area contributed by atoms with E-state index in [0.29, 0.717) is 6.04 Å². The fourth-order valence-corrected chi connectivity index (χ4v) is 2.34. The molecule has 1 atom stereocenters. The largest absolute Gasteiger partial charge is 0.397 e. The first-order valence-electron chi connectivity index (χ1n) is 5.85. The second kappa shape index (κ2) is 4.34. The Balaban J connectivity index is 2.14. The molecule has 0 amide bonds. The van der Waals surface area contributed by atoms with E-state index in [1.54, 1.807) is 0 Å². The predicted octanol–water partition coefficient (Wildman–Crippen LogP) is 1.72. The summed E-state index contributed by atoms with van der Waals surface area (Å²) in [4.78, 5) is 4.68. The Morgan fingerprint density at radius 1 is 1.38 bits per heavy atom. The van der Waals surface area contributed by atoms with Gasteiger partial charge in [-0.15, -0.1) is 0 Å². The second-order valence-corrected chi connectivity index (χ2v) is 4.91. The molecule has 1 aliphatic heterocycles. The summed E-state index contributed by atoms with van der Waals surface area (Å²) >= 11 is 0. The number of nitrogens with two attached hydrogens (primary N) is 1. The summed E-state index contributed by atoms with van der Waals surface area (Å²) in [6, 6.07) is 6.98. The van der Waals surface area contributed by atoms with Gasteiger partial charge in [0.1, 0.15) is 0 Å². The average molecular weight is 219 g/mol. The molecule has 1 heterocycles. The van der Waals surface area contributed by atoms with Gasteiger partial charge in [0.2, 0.25) is 0 Å². The van der Waals surface area contributed by atoms with Crippen molar-refractivity contribution in [2.75, 3.05) is 37.8 Å². The molecule has 3 nitrogen and oxygen atoms in total. The van der Waals surface area contributed by atoms with Crippen LogP contribution in [0.25, 0.3) is 0 Å². The van der Waals surface area contributed by atoms with Gasteiger partial charge in [0.15, 0.2) is 0 Å². The van der Waals surface area contributed by atoms with Gasteiger partial charge in [0.05, 0.1) is 11.4 Å². The molecule has 0 saturated carbocycles. The van der Waals surface area contributed by atoms with Crippen LogP contribution in [0.1, 0.15) is 12.0 Å². The summed E-state index contributed by atoms with van der Waals surface area (Å²) in [5, 5.41) is 0. The number of likely N-dealkylation sites (N-methyl/N-ethyl adjacent to an activating group) is 1. The van der Waals surface area contributed by atoms with Crippen LogP contribution in [0, 0.1) is 6.92 Å². The zero-order valence-corrected chi connectivity index (χ0v) is 10.4. The molecule has 1 unspecified atom stereocenters. The van der Waals surface area contributed by atoms with Crippen LogP contribution in [0.3, 0.4) is 0 Å². The van der Waals surface area contributed by atoms with E-state index >= 15 is 0 Å². The molecular weight excluding hydrogens is 198 g/mol. The maximum Gasteiger partial charge on any atom is 0.0600 e. The highest BCUT2D eigenvalue weighted by Gasteiger charge is 2.24. The van der Waals surface area contributed by atoms with Crippen molar-refractivity contribution in [3.63, 3.8) is 0 Å². The van der Waals surface area contributed by atoms with Gasteiger partial charge in [-0.2, -0.15) is 0 Å². The number of hydrogen-bond acceptors (Lipinski definition) is 3. The quantitative estimate of drug-likeness (QED) is 0.769. The minimum Gasteiger partial charge on any atom is -0.397 e. The number of nitrogens with zero attached hydrogens (tertiary/aromatic N) is 2. The van der Waals surface area contributed by atoms with Gasteiger partial charge in [0.25, 0.3) is 0 Å². The average Bonchev–Trinajstić information content (AvgIpc) is 2.66. The summed E-state index contributed by atoms with van der Waals surface area (Å²) in [6.07, 6.45) is 1.22. The molecule has 0 aliphatic carbocycles. The SMILES string of the molecule is Cc1ccc(N2CCC(N(C)C)C2)c(N)c1. The molecule has 0 radical (unpaired) electrons. The normalized spacial score (nSPS) is 20.8. The molecule has 88 valence electrons. The molecular formula is C13H21N3. The fourth-order valence-electron chi connectivity index (χ4n) is 2.34. The standard InChI is InChI=1S/C13H21N3/c1-10-4-5-13(12(14)8-10)16-7-6-11(9-16)15(2)3/h4-5,8,11H,6-7,9,14H2,1-3H3. The Morgan fingerprint density at radius 2 is 2.12 bits per heavy atom. The van der Waals surface area contributed by atoms with Gasteiger partial charge in [-0.1, -0.05) is 6.07 Å². The van der Waals surface area contributed by atoms with Crippen LogP contribution < -0.4 is 10.6 Å². The minimum absolute atomic E-state index is 0.653. The lowest BCUT2D eigenvalue weighted by Gasteiger charge is -2.23. The van der Waals surface area contributed by atoms with Crippen LogP contribution in [-0.4, -0.2) is 38.1 Å². The third-order valence-corrected chi connectivity index (χ3v) is 3.42. The monoisotopic (exact) mass is 219 g/mol. The van der Waals surface area contributed by atoms with E-state index in [4.69, 9.17) is 5.73 Å². The third kappa shape index (κ3) is 2.14. The Hall–Kier alpha value is -1.22. The van der Waals surface area contributed by atoms with Crippen LogP contribution in [-0.2, 0) is 0 Å². The number of nitrogen functional groups attached to an aromatic ring is 1. The number of benzene rings is 1. The molecule has 3 heteroatoms. The number of anilines is 2. The summed E-state index contributed by atoms with van der Waals surface area (Å²) in [5.74, 6) is 0. The number of hydrogen-bond donors (Lipinski definition) is 1. The topological polar surface area (TPSA) is 32.5 Å². The summed E-state index contributed by atoms with van der Waals surface area (Å²) in [6.45, 7) is 4.27. The van der Waals surface area contributed by atoms with Crippen molar-refractivity contribution in [1.82, 2.24) is 4.90 Å². The van der Waals surface area contributed by atoms with Crippen molar-refractivity contribution in [2.24, 2.45) is 0 Å². The van der Waals surface area contributed by atoms with Crippen molar-refractivity contribution >= 4 is 11.4 Å². The summed E-state index contributed by atoms with van der Waals surface area (Å²) in [7, 11) is 4.29. The summed E-state index contributed by atoms with van der Waals surface area (Å²) in [5.41, 5.74) is 9.39. The highest BCUT2D eigenvalue weighted by molar-refractivity contribution is 5.68. The lowest BCUT2D eigenvalue weighted by molar-refractivity contribution is 0.315. The van der Waals surface area contributed by atoms with Gasteiger partial charge < -0.3 is 15.5 Å². The minimum atomic E-state index is 0.653. The maximum atomic E-state index is 6.07. The van der Waals surface area contributed by atoms with Crippen LogP contribution in [0.15, 0.2) is 18.2 Å². The van der Waals surface area contributed by atoms with Gasteiger partial charge >= 0.3 is 0 Å². The molecule has 1 aromatic rings. The lowest BCUT2D eigenvalue weighted by atomic mass is 10.2. The Kier molecular flexibility index (Phi) is 3.06. The van der Waals surface area contributed by atoms with Gasteiger partial charge in [-0.25, -0.2) is 0 Å². The number of rotatable bonds is 2. The second-order valence-electron chi connectivity index (χ2n) is 4.91. The zero-order valence-electron chi connectivity index (χ0n) is 10.4. The molecule has 1 aromatic carbocycles. The van der Waals surface area contributed by atoms with Gasteiger partial charge in [-0.3, -0.25) is 0 Å². The van der Waals surface area contributed by atoms with E-state index in [1.165, 1.54) is 17.7 Å². The highest BCUT2D eigenvalue weighted by Crippen LogP contribution is 2.28. The van der Waals surface area contributed by atoms with Crippen molar-refractivity contribution in [1.29, 1.82) is 0 Å². The van der Waals surface area contributed by atoms with Crippen LogP contribution in [0.5, 0.6) is 0 Å². The molecule has 2 rings (SSSR count). The molecule has 16 heavy (non-hydrogen) atoms. The molecule has 1 aliphatic rings. The van der Waals surface area contributed by atoms with Crippen LogP contribution in [0.4, 0.5) is 11.4 Å². The fraction of sp³-hybridized carbons (Fsp3) is 0.538. The zero-order chi connectivity index (χ0) is 11.7. The van der Waals surface area contributed by atoms with Gasteiger partial charge in [0, 0.05) is 19.1 Å². The van der Waals surface area contributed by atoms with Crippen molar-refractivity contribution in [2.45, 2.75) is 19.4 Å². The Morgan fingerprint density at radius 3 is 2.69 bits per heavy atom. The first-order valence-corrected chi connectivity index (χ1v) is 5.85. The third-order valence-electron chi connectivity index (χ3n) is 3.42. The van der Waals surface area contributed by atoms with Crippen molar-refractivity contribution in [3.8, 4) is 0 Å².